The first-order chi connectivity index (χ1) is 12.8. The minimum Gasteiger partial charge on any atom is -0.411 e. The van der Waals surface area contributed by atoms with E-state index in [1.165, 1.54) is 17.3 Å². The first kappa shape index (κ1) is 19.5. The first-order valence-corrected chi connectivity index (χ1v) is 9.74. The maximum Gasteiger partial charge on any atom is 0.277 e. The monoisotopic (exact) mass is 401 g/mol. The average molecular weight is 402 g/mol. The number of halogens is 1. The predicted octanol–water partition coefficient (Wildman–Crippen LogP) is 5.43. The van der Waals surface area contributed by atoms with Crippen LogP contribution < -0.4 is 5.32 Å². The Morgan fingerprint density at radius 3 is 2.56 bits per heavy atom. The quantitative estimate of drug-likeness (QED) is 0.577. The molecule has 140 valence electrons. The van der Waals surface area contributed by atoms with Crippen LogP contribution in [-0.2, 0) is 4.79 Å². The van der Waals surface area contributed by atoms with Crippen LogP contribution in [0, 0.1) is 20.8 Å². The molecule has 0 unspecified atom stereocenters. The molecule has 1 aromatic heterocycles. The lowest BCUT2D eigenvalue weighted by Crippen LogP contribution is -2.22. The molecule has 0 fully saturated rings. The van der Waals surface area contributed by atoms with Gasteiger partial charge in [-0.15, -0.1) is 10.2 Å². The number of rotatable bonds is 5. The van der Waals surface area contributed by atoms with Crippen molar-refractivity contribution in [1.82, 2.24) is 10.2 Å². The van der Waals surface area contributed by atoms with Crippen LogP contribution in [-0.4, -0.2) is 21.4 Å². The Bertz CT molecular complexity index is 987. The molecular formula is C20H20ClN3O2S. The molecule has 0 bridgehead atoms. The third-order valence-electron chi connectivity index (χ3n) is 4.26. The normalized spacial score (nSPS) is 12.0. The summed E-state index contributed by atoms with van der Waals surface area (Å²) >= 11 is 7.22. The zero-order chi connectivity index (χ0) is 19.6. The van der Waals surface area contributed by atoms with E-state index in [-0.39, 0.29) is 5.91 Å². The van der Waals surface area contributed by atoms with Gasteiger partial charge in [0.25, 0.3) is 5.22 Å². The Morgan fingerprint density at radius 2 is 1.81 bits per heavy atom. The van der Waals surface area contributed by atoms with E-state index in [1.807, 2.05) is 38.1 Å². The summed E-state index contributed by atoms with van der Waals surface area (Å²) in [6, 6.07) is 11.4. The second-order valence-electron chi connectivity index (χ2n) is 6.38. The topological polar surface area (TPSA) is 68.0 Å². The lowest BCUT2D eigenvalue weighted by molar-refractivity contribution is -0.115. The Morgan fingerprint density at radius 1 is 1.07 bits per heavy atom. The van der Waals surface area contributed by atoms with Gasteiger partial charge in [-0.2, -0.15) is 0 Å². The summed E-state index contributed by atoms with van der Waals surface area (Å²) < 4.78 is 5.72. The van der Waals surface area contributed by atoms with Crippen LogP contribution in [0.1, 0.15) is 23.6 Å². The summed E-state index contributed by atoms with van der Waals surface area (Å²) in [6.45, 7) is 7.79. The number of thioether (sulfide) groups is 1. The van der Waals surface area contributed by atoms with E-state index >= 15 is 0 Å². The fraction of sp³-hybridized carbons (Fsp3) is 0.250. The van der Waals surface area contributed by atoms with Crippen LogP contribution in [0.5, 0.6) is 0 Å². The molecule has 0 saturated carbocycles. The highest BCUT2D eigenvalue weighted by Crippen LogP contribution is 2.28. The second-order valence-corrected chi connectivity index (χ2v) is 8.11. The van der Waals surface area contributed by atoms with Gasteiger partial charge in [-0.05, 0) is 68.7 Å². The molecule has 0 radical (unpaired) electrons. The molecule has 1 amide bonds. The highest BCUT2D eigenvalue weighted by atomic mass is 35.5. The summed E-state index contributed by atoms with van der Waals surface area (Å²) in [7, 11) is 0. The number of anilines is 1. The van der Waals surface area contributed by atoms with Gasteiger partial charge in [0.15, 0.2) is 0 Å². The van der Waals surface area contributed by atoms with E-state index in [9.17, 15) is 4.79 Å². The second kappa shape index (κ2) is 8.15. The van der Waals surface area contributed by atoms with E-state index in [0.29, 0.717) is 21.8 Å². The molecule has 0 aliphatic carbocycles. The van der Waals surface area contributed by atoms with Crippen molar-refractivity contribution < 1.29 is 9.21 Å². The van der Waals surface area contributed by atoms with Crippen molar-refractivity contribution in [3.8, 4) is 11.5 Å². The van der Waals surface area contributed by atoms with Crippen LogP contribution in [0.15, 0.2) is 46.0 Å². The molecular weight excluding hydrogens is 382 g/mol. The third kappa shape index (κ3) is 4.70. The Labute approximate surface area is 167 Å². The number of hydrogen-bond acceptors (Lipinski definition) is 5. The minimum atomic E-state index is -0.406. The molecule has 1 heterocycles. The first-order valence-electron chi connectivity index (χ1n) is 8.48. The van der Waals surface area contributed by atoms with Crippen molar-refractivity contribution in [3.63, 3.8) is 0 Å². The summed E-state index contributed by atoms with van der Waals surface area (Å²) in [6.07, 6.45) is 0. The zero-order valence-corrected chi connectivity index (χ0v) is 17.1. The van der Waals surface area contributed by atoms with Crippen molar-refractivity contribution in [2.75, 3.05) is 5.32 Å². The van der Waals surface area contributed by atoms with Crippen LogP contribution >= 0.6 is 23.4 Å². The Kier molecular flexibility index (Phi) is 5.87. The fourth-order valence-electron chi connectivity index (χ4n) is 2.42. The van der Waals surface area contributed by atoms with Crippen LogP contribution in [0.4, 0.5) is 5.69 Å². The summed E-state index contributed by atoms with van der Waals surface area (Å²) in [5.41, 5.74) is 4.86. The van der Waals surface area contributed by atoms with Crippen molar-refractivity contribution in [1.29, 1.82) is 0 Å². The average Bonchev–Trinajstić information content (AvgIpc) is 3.09. The molecule has 0 spiro atoms. The van der Waals surface area contributed by atoms with E-state index in [0.717, 1.165) is 16.7 Å². The van der Waals surface area contributed by atoms with Gasteiger partial charge in [0, 0.05) is 16.3 Å². The smallest absolute Gasteiger partial charge is 0.277 e. The highest BCUT2D eigenvalue weighted by molar-refractivity contribution is 8.00. The van der Waals surface area contributed by atoms with Crippen molar-refractivity contribution >= 4 is 35.0 Å². The zero-order valence-electron chi connectivity index (χ0n) is 15.5. The van der Waals surface area contributed by atoms with Gasteiger partial charge in [-0.25, -0.2) is 0 Å². The SMILES string of the molecule is Cc1ccc(-c2nnc(S[C@H](C)C(=O)Nc3cc(Cl)ccc3C)o2)cc1C. The van der Waals surface area contributed by atoms with E-state index in [4.69, 9.17) is 16.0 Å². The van der Waals surface area contributed by atoms with E-state index in [1.54, 1.807) is 19.1 Å². The number of nitrogens with zero attached hydrogens (tertiary/aromatic N) is 2. The van der Waals surface area contributed by atoms with E-state index < -0.39 is 5.25 Å². The van der Waals surface area contributed by atoms with Gasteiger partial charge in [0.05, 0.1) is 5.25 Å². The molecule has 27 heavy (non-hydrogen) atoms. The van der Waals surface area contributed by atoms with Crippen LogP contribution in [0.2, 0.25) is 5.02 Å². The van der Waals surface area contributed by atoms with Gasteiger partial charge in [-0.1, -0.05) is 35.5 Å². The molecule has 2 aromatic carbocycles. The van der Waals surface area contributed by atoms with Gasteiger partial charge >= 0.3 is 0 Å². The standard InChI is InChI=1S/C20H20ClN3O2S/c1-11-5-7-15(9-13(11)3)19-23-24-20(26-19)27-14(4)18(25)22-17-10-16(21)8-6-12(17)2/h5-10,14H,1-4H3,(H,22,25)/t14-/m1/s1. The molecule has 1 N–H and O–H groups in total. The third-order valence-corrected chi connectivity index (χ3v) is 5.43. The molecule has 3 aromatic rings. The molecule has 1 atom stereocenters. The molecule has 5 nitrogen and oxygen atoms in total. The molecule has 0 aliphatic rings. The largest absolute Gasteiger partial charge is 0.411 e. The van der Waals surface area contributed by atoms with Gasteiger partial charge in [0.2, 0.25) is 11.8 Å². The molecule has 3 rings (SSSR count). The number of benzene rings is 2. The minimum absolute atomic E-state index is 0.156. The Hall–Kier alpha value is -2.31. The van der Waals surface area contributed by atoms with Crippen molar-refractivity contribution in [2.24, 2.45) is 0 Å². The number of aryl methyl sites for hydroxylation is 3. The Balaban J connectivity index is 1.68. The number of carbonyl (C=O) groups is 1. The number of hydrogen-bond donors (Lipinski definition) is 1. The van der Waals surface area contributed by atoms with Crippen LogP contribution in [0.3, 0.4) is 0 Å². The van der Waals surface area contributed by atoms with Crippen molar-refractivity contribution in [2.45, 2.75) is 38.2 Å². The van der Waals surface area contributed by atoms with Gasteiger partial charge in [-0.3, -0.25) is 4.79 Å². The molecule has 0 saturated heterocycles. The molecule has 0 aliphatic heterocycles. The number of nitrogens with one attached hydrogen (secondary N) is 1. The van der Waals surface area contributed by atoms with E-state index in [2.05, 4.69) is 22.4 Å². The maximum absolute atomic E-state index is 12.5. The highest BCUT2D eigenvalue weighted by Gasteiger charge is 2.19. The number of aromatic nitrogens is 2. The predicted molar refractivity (Wildman–Crippen MR) is 109 cm³/mol. The van der Waals surface area contributed by atoms with Gasteiger partial charge in [0.1, 0.15) is 0 Å². The number of amides is 1. The lowest BCUT2D eigenvalue weighted by Gasteiger charge is -2.12. The maximum atomic E-state index is 12.5. The van der Waals surface area contributed by atoms with Gasteiger partial charge < -0.3 is 9.73 Å². The summed E-state index contributed by atoms with van der Waals surface area (Å²) in [5, 5.41) is 11.6. The number of carbonyl (C=O) groups excluding carboxylic acids is 1. The summed E-state index contributed by atoms with van der Waals surface area (Å²) in [5.74, 6) is 0.287. The van der Waals surface area contributed by atoms with Crippen LogP contribution in [0.25, 0.3) is 11.5 Å². The summed E-state index contributed by atoms with van der Waals surface area (Å²) in [4.78, 5) is 12.5. The fourth-order valence-corrected chi connectivity index (χ4v) is 3.27. The lowest BCUT2D eigenvalue weighted by atomic mass is 10.1. The molecule has 7 heteroatoms. The van der Waals surface area contributed by atoms with Crippen molar-refractivity contribution in [3.05, 3.63) is 58.1 Å².